The first kappa shape index (κ1) is 16.1. The lowest BCUT2D eigenvalue weighted by atomic mass is 10.2. The minimum absolute atomic E-state index is 0.591. The SMILES string of the molecule is CC(C)CN(CCN(C)C)Cc1nc(N)c2ccsc2n1. The molecule has 0 saturated carbocycles. The van der Waals surface area contributed by atoms with Gasteiger partial charge in [0, 0.05) is 19.6 Å². The van der Waals surface area contributed by atoms with E-state index in [2.05, 4.69) is 47.7 Å². The van der Waals surface area contributed by atoms with E-state index < -0.39 is 0 Å². The molecule has 6 heteroatoms. The highest BCUT2D eigenvalue weighted by Gasteiger charge is 2.12. The Bertz CT molecular complexity index is 578. The Morgan fingerprint density at radius 1 is 1.24 bits per heavy atom. The quantitative estimate of drug-likeness (QED) is 0.850. The van der Waals surface area contributed by atoms with Crippen LogP contribution in [-0.4, -0.2) is 53.5 Å². The minimum Gasteiger partial charge on any atom is -0.383 e. The zero-order valence-corrected chi connectivity index (χ0v) is 14.2. The van der Waals surface area contributed by atoms with Gasteiger partial charge in [0.25, 0.3) is 0 Å². The van der Waals surface area contributed by atoms with Crippen molar-refractivity contribution >= 4 is 27.4 Å². The summed E-state index contributed by atoms with van der Waals surface area (Å²) >= 11 is 1.62. The molecule has 2 heterocycles. The summed E-state index contributed by atoms with van der Waals surface area (Å²) in [7, 11) is 4.19. The number of thiophene rings is 1. The van der Waals surface area contributed by atoms with Gasteiger partial charge >= 0.3 is 0 Å². The monoisotopic (exact) mass is 307 g/mol. The average molecular weight is 307 g/mol. The topological polar surface area (TPSA) is 58.3 Å². The van der Waals surface area contributed by atoms with E-state index in [1.54, 1.807) is 11.3 Å². The fourth-order valence-electron chi connectivity index (χ4n) is 2.29. The molecule has 0 spiro atoms. The maximum atomic E-state index is 6.03. The predicted molar refractivity (Wildman–Crippen MR) is 90.5 cm³/mol. The third-order valence-corrected chi connectivity index (χ3v) is 4.06. The van der Waals surface area contributed by atoms with Crippen LogP contribution in [0.5, 0.6) is 0 Å². The Balaban J connectivity index is 2.12. The van der Waals surface area contributed by atoms with Crippen molar-refractivity contribution in [2.75, 3.05) is 39.5 Å². The second kappa shape index (κ2) is 7.15. The number of nitrogens with zero attached hydrogens (tertiary/aromatic N) is 4. The molecule has 0 unspecified atom stereocenters. The molecule has 0 aromatic carbocycles. The third kappa shape index (κ3) is 4.62. The number of aromatic nitrogens is 2. The molecule has 2 N–H and O–H groups in total. The van der Waals surface area contributed by atoms with Gasteiger partial charge in [-0.1, -0.05) is 13.8 Å². The summed E-state index contributed by atoms with van der Waals surface area (Å²) < 4.78 is 0. The van der Waals surface area contributed by atoms with Crippen LogP contribution < -0.4 is 5.73 Å². The molecule has 0 atom stereocenters. The van der Waals surface area contributed by atoms with Crippen LogP contribution in [-0.2, 0) is 6.54 Å². The zero-order chi connectivity index (χ0) is 15.4. The van der Waals surface area contributed by atoms with Crippen LogP contribution >= 0.6 is 11.3 Å². The second-order valence-corrected chi connectivity index (χ2v) is 6.99. The lowest BCUT2D eigenvalue weighted by Crippen LogP contribution is -2.34. The second-order valence-electron chi connectivity index (χ2n) is 6.10. The molecule has 0 bridgehead atoms. The van der Waals surface area contributed by atoms with Crippen molar-refractivity contribution in [3.63, 3.8) is 0 Å². The number of fused-ring (bicyclic) bond motifs is 1. The number of nitrogen functional groups attached to an aromatic ring is 1. The number of hydrogen-bond acceptors (Lipinski definition) is 6. The maximum Gasteiger partial charge on any atom is 0.146 e. The number of likely N-dealkylation sites (N-methyl/N-ethyl adjacent to an activating group) is 1. The lowest BCUT2D eigenvalue weighted by molar-refractivity contribution is 0.207. The third-order valence-electron chi connectivity index (χ3n) is 3.25. The molecule has 2 rings (SSSR count). The Hall–Kier alpha value is -1.24. The van der Waals surface area contributed by atoms with Crippen LogP contribution in [0, 0.1) is 5.92 Å². The molecular formula is C15H25N5S. The van der Waals surface area contributed by atoms with Gasteiger partial charge in [0.15, 0.2) is 0 Å². The van der Waals surface area contributed by atoms with Crippen molar-refractivity contribution in [2.24, 2.45) is 5.92 Å². The van der Waals surface area contributed by atoms with Crippen molar-refractivity contribution in [1.29, 1.82) is 0 Å². The van der Waals surface area contributed by atoms with Gasteiger partial charge in [-0.2, -0.15) is 0 Å². The maximum absolute atomic E-state index is 6.03. The minimum atomic E-state index is 0.591. The molecule has 0 radical (unpaired) electrons. The predicted octanol–water partition coefficient (Wildman–Crippen LogP) is 2.29. The summed E-state index contributed by atoms with van der Waals surface area (Å²) in [4.78, 5) is 14.7. The van der Waals surface area contributed by atoms with E-state index in [1.807, 2.05) is 11.4 Å². The summed E-state index contributed by atoms with van der Waals surface area (Å²) in [6.45, 7) is 8.31. The van der Waals surface area contributed by atoms with E-state index in [0.29, 0.717) is 11.7 Å². The van der Waals surface area contributed by atoms with Crippen LogP contribution in [0.4, 0.5) is 5.82 Å². The standard InChI is InChI=1S/C15H25N5S/c1-11(2)9-20(7-6-19(3)4)10-13-17-14(16)12-5-8-21-15(12)18-13/h5,8,11H,6-7,9-10H2,1-4H3,(H2,16,17,18). The molecule has 2 aromatic rings. The molecule has 0 aliphatic heterocycles. The zero-order valence-electron chi connectivity index (χ0n) is 13.3. The molecule has 5 nitrogen and oxygen atoms in total. The van der Waals surface area contributed by atoms with E-state index in [0.717, 1.165) is 42.2 Å². The number of rotatable bonds is 7. The van der Waals surface area contributed by atoms with Gasteiger partial charge in [0.05, 0.1) is 11.9 Å². The van der Waals surface area contributed by atoms with E-state index in [1.165, 1.54) is 0 Å². The van der Waals surface area contributed by atoms with E-state index >= 15 is 0 Å². The van der Waals surface area contributed by atoms with E-state index in [9.17, 15) is 0 Å². The summed E-state index contributed by atoms with van der Waals surface area (Å²) in [6, 6.07) is 1.98. The van der Waals surface area contributed by atoms with Crippen molar-refractivity contribution in [3.8, 4) is 0 Å². The molecule has 0 aliphatic carbocycles. The van der Waals surface area contributed by atoms with Crippen LogP contribution in [0.2, 0.25) is 0 Å². The molecule has 116 valence electrons. The van der Waals surface area contributed by atoms with E-state index in [4.69, 9.17) is 5.73 Å². The van der Waals surface area contributed by atoms with Crippen LogP contribution in [0.15, 0.2) is 11.4 Å². The summed E-state index contributed by atoms with van der Waals surface area (Å²) in [5.74, 6) is 2.03. The molecule has 21 heavy (non-hydrogen) atoms. The molecule has 0 saturated heterocycles. The van der Waals surface area contributed by atoms with Crippen LogP contribution in [0.1, 0.15) is 19.7 Å². The molecule has 2 aromatic heterocycles. The Morgan fingerprint density at radius 2 is 2.00 bits per heavy atom. The lowest BCUT2D eigenvalue weighted by Gasteiger charge is -2.25. The molecule has 0 aliphatic rings. The van der Waals surface area contributed by atoms with Crippen LogP contribution in [0.25, 0.3) is 10.2 Å². The van der Waals surface area contributed by atoms with Gasteiger partial charge in [0.2, 0.25) is 0 Å². The average Bonchev–Trinajstić information content (AvgIpc) is 2.84. The van der Waals surface area contributed by atoms with Crippen LogP contribution in [0.3, 0.4) is 0 Å². The normalized spacial score (nSPS) is 12.1. The summed E-state index contributed by atoms with van der Waals surface area (Å²) in [5, 5.41) is 2.98. The highest BCUT2D eigenvalue weighted by atomic mass is 32.1. The van der Waals surface area contributed by atoms with Crippen molar-refractivity contribution in [2.45, 2.75) is 20.4 Å². The fourth-order valence-corrected chi connectivity index (χ4v) is 3.08. The first-order chi connectivity index (χ1) is 9.95. The van der Waals surface area contributed by atoms with Gasteiger partial charge in [-0.15, -0.1) is 11.3 Å². The van der Waals surface area contributed by atoms with Gasteiger partial charge in [-0.25, -0.2) is 9.97 Å². The summed E-state index contributed by atoms with van der Waals surface area (Å²) in [6.07, 6.45) is 0. The Kier molecular flexibility index (Phi) is 5.50. The number of anilines is 1. The number of nitrogens with two attached hydrogens (primary N) is 1. The molecule has 0 amide bonds. The van der Waals surface area contributed by atoms with E-state index in [-0.39, 0.29) is 0 Å². The Labute approximate surface area is 130 Å². The fraction of sp³-hybridized carbons (Fsp3) is 0.600. The Morgan fingerprint density at radius 3 is 2.67 bits per heavy atom. The molecule has 0 fully saturated rings. The highest BCUT2D eigenvalue weighted by molar-refractivity contribution is 7.16. The first-order valence-electron chi connectivity index (χ1n) is 7.32. The van der Waals surface area contributed by atoms with Gasteiger partial charge in [0.1, 0.15) is 16.5 Å². The van der Waals surface area contributed by atoms with Gasteiger partial charge in [-0.05, 0) is 31.5 Å². The van der Waals surface area contributed by atoms with Crippen molar-refractivity contribution in [3.05, 3.63) is 17.3 Å². The van der Waals surface area contributed by atoms with Crippen molar-refractivity contribution < 1.29 is 0 Å². The number of hydrogen-bond donors (Lipinski definition) is 1. The van der Waals surface area contributed by atoms with Crippen molar-refractivity contribution in [1.82, 2.24) is 19.8 Å². The smallest absolute Gasteiger partial charge is 0.146 e. The highest BCUT2D eigenvalue weighted by Crippen LogP contribution is 2.23. The van der Waals surface area contributed by atoms with Gasteiger partial charge in [-0.3, -0.25) is 4.90 Å². The summed E-state index contributed by atoms with van der Waals surface area (Å²) in [5.41, 5.74) is 6.03. The first-order valence-corrected chi connectivity index (χ1v) is 8.20. The van der Waals surface area contributed by atoms with Gasteiger partial charge < -0.3 is 10.6 Å². The largest absolute Gasteiger partial charge is 0.383 e. The molecular weight excluding hydrogens is 282 g/mol.